The van der Waals surface area contributed by atoms with Gasteiger partial charge in [-0.05, 0) is 19.9 Å². The van der Waals surface area contributed by atoms with Crippen molar-refractivity contribution < 1.29 is 4.92 Å². The van der Waals surface area contributed by atoms with Crippen molar-refractivity contribution in [1.29, 1.82) is 0 Å². The Kier molecular flexibility index (Phi) is 2.34. The molecule has 0 aliphatic carbocycles. The Labute approximate surface area is 92.2 Å². The van der Waals surface area contributed by atoms with Gasteiger partial charge in [0.2, 0.25) is 0 Å². The van der Waals surface area contributed by atoms with Gasteiger partial charge in [-0.25, -0.2) is 0 Å². The fourth-order valence-electron chi connectivity index (χ4n) is 1.50. The minimum Gasteiger partial charge on any atom is -0.383 e. The molecule has 1 heterocycles. The highest BCUT2D eigenvalue weighted by Crippen LogP contribution is 2.42. The average Bonchev–Trinajstić information content (AvgIpc) is 2.15. The van der Waals surface area contributed by atoms with E-state index in [4.69, 9.17) is 0 Å². The highest BCUT2D eigenvalue weighted by Gasteiger charge is 2.26. The van der Waals surface area contributed by atoms with Crippen LogP contribution in [0.3, 0.4) is 0 Å². The maximum absolute atomic E-state index is 10.6. The van der Waals surface area contributed by atoms with Crippen molar-refractivity contribution >= 4 is 23.1 Å². The van der Waals surface area contributed by atoms with Crippen LogP contribution < -0.4 is 5.32 Å². The Morgan fingerprint density at radius 3 is 2.93 bits per heavy atom. The number of hydrogen-bond acceptors (Lipinski definition) is 4. The second-order valence-corrected chi connectivity index (χ2v) is 5.90. The number of nitrogens with zero attached hydrogens (tertiary/aromatic N) is 1. The molecule has 0 fully saturated rings. The van der Waals surface area contributed by atoms with Gasteiger partial charge in [-0.2, -0.15) is 0 Å². The molecular weight excluding hydrogens is 212 g/mol. The van der Waals surface area contributed by atoms with Gasteiger partial charge in [-0.15, -0.1) is 11.8 Å². The van der Waals surface area contributed by atoms with Crippen LogP contribution in [0.5, 0.6) is 0 Å². The van der Waals surface area contributed by atoms with E-state index in [0.29, 0.717) is 0 Å². The largest absolute Gasteiger partial charge is 0.383 e. The van der Waals surface area contributed by atoms with Crippen molar-refractivity contribution in [2.45, 2.75) is 23.5 Å². The van der Waals surface area contributed by atoms with E-state index in [-0.39, 0.29) is 15.4 Å². The van der Waals surface area contributed by atoms with Gasteiger partial charge < -0.3 is 5.32 Å². The summed E-state index contributed by atoms with van der Waals surface area (Å²) in [5.41, 5.74) is 1.14. The molecule has 0 radical (unpaired) electrons. The van der Waals surface area contributed by atoms with Gasteiger partial charge in [-0.3, -0.25) is 10.1 Å². The molecule has 1 aromatic carbocycles. The SMILES string of the molecule is CC1(C)CNc2ccc([N+](=O)[O-])cc2S1. The molecule has 1 N–H and O–H groups in total. The van der Waals surface area contributed by atoms with E-state index in [2.05, 4.69) is 19.2 Å². The van der Waals surface area contributed by atoms with Gasteiger partial charge in [0, 0.05) is 34.0 Å². The average molecular weight is 224 g/mol. The van der Waals surface area contributed by atoms with Crippen LogP contribution >= 0.6 is 11.8 Å². The monoisotopic (exact) mass is 224 g/mol. The summed E-state index contributed by atoms with van der Waals surface area (Å²) in [5, 5.41) is 13.9. The zero-order valence-corrected chi connectivity index (χ0v) is 9.43. The van der Waals surface area contributed by atoms with Gasteiger partial charge in [0.1, 0.15) is 0 Å². The van der Waals surface area contributed by atoms with E-state index in [1.54, 1.807) is 23.9 Å². The van der Waals surface area contributed by atoms with E-state index in [1.165, 1.54) is 6.07 Å². The smallest absolute Gasteiger partial charge is 0.270 e. The maximum Gasteiger partial charge on any atom is 0.270 e. The third kappa shape index (κ3) is 2.07. The van der Waals surface area contributed by atoms with Gasteiger partial charge in [0.15, 0.2) is 0 Å². The van der Waals surface area contributed by atoms with Crippen LogP contribution in [0.4, 0.5) is 11.4 Å². The summed E-state index contributed by atoms with van der Waals surface area (Å²) < 4.78 is 0.0855. The number of hydrogen-bond donors (Lipinski definition) is 1. The molecule has 4 nitrogen and oxygen atoms in total. The van der Waals surface area contributed by atoms with Crippen LogP contribution in [0.2, 0.25) is 0 Å². The third-order valence-electron chi connectivity index (χ3n) is 2.27. The predicted octanol–water partition coefficient (Wildman–Crippen LogP) is 2.89. The molecule has 1 aromatic rings. The van der Waals surface area contributed by atoms with Crippen LogP contribution in [0.1, 0.15) is 13.8 Å². The van der Waals surface area contributed by atoms with E-state index < -0.39 is 0 Å². The molecule has 1 aliphatic heterocycles. The quantitative estimate of drug-likeness (QED) is 0.588. The fourth-order valence-corrected chi connectivity index (χ4v) is 2.67. The number of nitro groups is 1. The van der Waals surface area contributed by atoms with Gasteiger partial charge in [-0.1, -0.05) is 0 Å². The molecule has 0 saturated heterocycles. The molecule has 80 valence electrons. The van der Waals surface area contributed by atoms with Crippen molar-refractivity contribution in [3.8, 4) is 0 Å². The second kappa shape index (κ2) is 3.41. The van der Waals surface area contributed by atoms with E-state index in [1.807, 2.05) is 0 Å². The van der Waals surface area contributed by atoms with E-state index >= 15 is 0 Å². The fraction of sp³-hybridized carbons (Fsp3) is 0.400. The second-order valence-electron chi connectivity index (χ2n) is 4.15. The minimum atomic E-state index is -0.359. The molecule has 0 spiro atoms. The number of nitro benzene ring substituents is 1. The lowest BCUT2D eigenvalue weighted by molar-refractivity contribution is -0.385. The molecule has 0 atom stereocenters. The maximum atomic E-state index is 10.6. The lowest BCUT2D eigenvalue weighted by atomic mass is 10.2. The molecule has 2 rings (SSSR count). The Morgan fingerprint density at radius 2 is 2.27 bits per heavy atom. The summed E-state index contributed by atoms with van der Waals surface area (Å²) in [6, 6.07) is 4.94. The van der Waals surface area contributed by atoms with Crippen LogP contribution in [0.15, 0.2) is 23.1 Å². The van der Waals surface area contributed by atoms with E-state index in [0.717, 1.165) is 17.1 Å². The first kappa shape index (κ1) is 10.3. The summed E-state index contributed by atoms with van der Waals surface area (Å²) >= 11 is 1.68. The molecule has 0 saturated carbocycles. The van der Waals surface area contributed by atoms with Gasteiger partial charge >= 0.3 is 0 Å². The van der Waals surface area contributed by atoms with Crippen molar-refractivity contribution in [3.63, 3.8) is 0 Å². The Hall–Kier alpha value is -1.23. The molecule has 5 heteroatoms. The molecular formula is C10H12N2O2S. The van der Waals surface area contributed by atoms with Crippen molar-refractivity contribution in [1.82, 2.24) is 0 Å². The van der Waals surface area contributed by atoms with Crippen LogP contribution in [0.25, 0.3) is 0 Å². The number of thioether (sulfide) groups is 1. The predicted molar refractivity (Wildman–Crippen MR) is 61.5 cm³/mol. The summed E-state index contributed by atoms with van der Waals surface area (Å²) in [7, 11) is 0. The Balaban J connectivity index is 2.39. The number of non-ortho nitro benzene ring substituents is 1. The highest BCUT2D eigenvalue weighted by atomic mass is 32.2. The molecule has 0 bridgehead atoms. The minimum absolute atomic E-state index is 0.0855. The van der Waals surface area contributed by atoms with Crippen molar-refractivity contribution in [3.05, 3.63) is 28.3 Å². The van der Waals surface area contributed by atoms with Crippen LogP contribution in [-0.2, 0) is 0 Å². The van der Waals surface area contributed by atoms with Crippen molar-refractivity contribution in [2.75, 3.05) is 11.9 Å². The first-order valence-corrected chi connectivity index (χ1v) is 5.51. The number of rotatable bonds is 1. The number of anilines is 1. The van der Waals surface area contributed by atoms with Crippen LogP contribution in [-0.4, -0.2) is 16.2 Å². The number of fused-ring (bicyclic) bond motifs is 1. The zero-order valence-electron chi connectivity index (χ0n) is 8.61. The highest BCUT2D eigenvalue weighted by molar-refractivity contribution is 8.00. The summed E-state index contributed by atoms with van der Waals surface area (Å²) in [6.45, 7) is 5.11. The molecule has 15 heavy (non-hydrogen) atoms. The number of benzene rings is 1. The molecule has 1 aliphatic rings. The zero-order chi connectivity index (χ0) is 11.1. The number of nitrogens with one attached hydrogen (secondary N) is 1. The summed E-state index contributed by atoms with van der Waals surface area (Å²) in [5.74, 6) is 0. The standard InChI is InChI=1S/C10H12N2O2S/c1-10(2)6-11-8-4-3-7(12(13)14)5-9(8)15-10/h3-5,11H,6H2,1-2H3. The lowest BCUT2D eigenvalue weighted by Gasteiger charge is -2.31. The first-order chi connectivity index (χ1) is 6.98. The Morgan fingerprint density at radius 1 is 1.53 bits per heavy atom. The normalized spacial score (nSPS) is 17.7. The van der Waals surface area contributed by atoms with Gasteiger partial charge in [0.25, 0.3) is 5.69 Å². The molecule has 0 amide bonds. The molecule has 0 unspecified atom stereocenters. The lowest BCUT2D eigenvalue weighted by Crippen LogP contribution is -2.29. The topological polar surface area (TPSA) is 55.2 Å². The Bertz CT molecular complexity index is 418. The first-order valence-electron chi connectivity index (χ1n) is 4.69. The van der Waals surface area contributed by atoms with Crippen LogP contribution in [0, 0.1) is 10.1 Å². The van der Waals surface area contributed by atoms with Crippen molar-refractivity contribution in [2.24, 2.45) is 0 Å². The summed E-state index contributed by atoms with van der Waals surface area (Å²) in [6.07, 6.45) is 0. The van der Waals surface area contributed by atoms with Gasteiger partial charge in [0.05, 0.1) is 4.92 Å². The third-order valence-corrected chi connectivity index (χ3v) is 3.52. The summed E-state index contributed by atoms with van der Waals surface area (Å²) in [4.78, 5) is 11.2. The van der Waals surface area contributed by atoms with E-state index in [9.17, 15) is 10.1 Å². The molecule has 0 aromatic heterocycles.